The van der Waals surface area contributed by atoms with E-state index >= 15 is 0 Å². The molecule has 2 aromatic carbocycles. The Hall–Kier alpha value is -3.85. The highest BCUT2D eigenvalue weighted by Crippen LogP contribution is 2.36. The summed E-state index contributed by atoms with van der Waals surface area (Å²) < 4.78 is 14.0. The molecular formula is C26H24N4O4S. The fraction of sp³-hybridized carbons (Fsp3) is 0.231. The van der Waals surface area contributed by atoms with E-state index in [1.54, 1.807) is 16.7 Å². The molecule has 5 rings (SSSR count). The molecule has 0 aliphatic carbocycles. The molecule has 0 aliphatic rings. The Morgan fingerprint density at radius 3 is 2.51 bits per heavy atom. The standard InChI is InChI=1S/C26H24N4O4S/c1-15(2)17-9-5-7-11-19(17)29-23(31)18-10-6-8-12-20(18)30-25(29)27-28-26(30)35-16(3)21-13-14-22(34-21)24(32)33-4/h5-16H,1-4H3. The average molecular weight is 489 g/mol. The van der Waals surface area contributed by atoms with Gasteiger partial charge in [0.05, 0.1) is 29.0 Å². The number of carbonyl (C=O) groups excluding carboxylic acids is 1. The molecule has 178 valence electrons. The minimum absolute atomic E-state index is 0.144. The smallest absolute Gasteiger partial charge is 0.373 e. The summed E-state index contributed by atoms with van der Waals surface area (Å²) in [6, 6.07) is 18.7. The number of benzene rings is 2. The van der Waals surface area contributed by atoms with Crippen LogP contribution in [0.4, 0.5) is 0 Å². The van der Waals surface area contributed by atoms with Gasteiger partial charge in [-0.1, -0.05) is 55.9 Å². The van der Waals surface area contributed by atoms with Crippen molar-refractivity contribution >= 4 is 34.4 Å². The first-order valence-corrected chi connectivity index (χ1v) is 12.1. The lowest BCUT2D eigenvalue weighted by molar-refractivity contribution is 0.0563. The van der Waals surface area contributed by atoms with Crippen molar-refractivity contribution in [1.29, 1.82) is 0 Å². The van der Waals surface area contributed by atoms with E-state index in [0.29, 0.717) is 22.1 Å². The van der Waals surface area contributed by atoms with Crippen LogP contribution in [0.3, 0.4) is 0 Å². The molecule has 3 aromatic heterocycles. The van der Waals surface area contributed by atoms with Crippen LogP contribution in [0.5, 0.6) is 0 Å². The van der Waals surface area contributed by atoms with E-state index < -0.39 is 5.97 Å². The van der Waals surface area contributed by atoms with Gasteiger partial charge in [0.2, 0.25) is 11.5 Å². The van der Waals surface area contributed by atoms with E-state index in [1.807, 2.05) is 59.9 Å². The highest BCUT2D eigenvalue weighted by Gasteiger charge is 2.23. The fourth-order valence-corrected chi connectivity index (χ4v) is 5.08. The van der Waals surface area contributed by atoms with E-state index in [2.05, 4.69) is 24.0 Å². The normalized spacial score (nSPS) is 12.5. The quantitative estimate of drug-likeness (QED) is 0.234. The minimum Gasteiger partial charge on any atom is -0.463 e. The number of para-hydroxylation sites is 2. The van der Waals surface area contributed by atoms with Gasteiger partial charge in [-0.25, -0.2) is 9.36 Å². The maximum absolute atomic E-state index is 13.7. The molecule has 0 aliphatic heterocycles. The molecule has 0 saturated carbocycles. The summed E-state index contributed by atoms with van der Waals surface area (Å²) in [5.74, 6) is 0.872. The molecule has 0 amide bonds. The molecule has 1 atom stereocenters. The number of ether oxygens (including phenoxy) is 1. The van der Waals surface area contributed by atoms with Crippen molar-refractivity contribution in [3.8, 4) is 5.69 Å². The zero-order valence-corrected chi connectivity index (χ0v) is 20.6. The van der Waals surface area contributed by atoms with Crippen LogP contribution < -0.4 is 5.56 Å². The van der Waals surface area contributed by atoms with Gasteiger partial charge in [0.25, 0.3) is 5.56 Å². The number of fused-ring (bicyclic) bond motifs is 3. The maximum atomic E-state index is 13.7. The zero-order chi connectivity index (χ0) is 24.7. The predicted octanol–water partition coefficient (Wildman–Crippen LogP) is 5.39. The minimum atomic E-state index is -0.528. The summed E-state index contributed by atoms with van der Waals surface area (Å²) in [5.41, 5.74) is 2.41. The molecule has 0 spiro atoms. The number of esters is 1. The third-order valence-electron chi connectivity index (χ3n) is 5.89. The molecule has 3 heterocycles. The van der Waals surface area contributed by atoms with Crippen molar-refractivity contribution in [2.75, 3.05) is 7.11 Å². The van der Waals surface area contributed by atoms with Crippen LogP contribution in [0.15, 0.2) is 75.0 Å². The van der Waals surface area contributed by atoms with Gasteiger partial charge in [0, 0.05) is 0 Å². The van der Waals surface area contributed by atoms with Crippen molar-refractivity contribution in [2.24, 2.45) is 0 Å². The number of nitrogens with zero attached hydrogens (tertiary/aromatic N) is 4. The van der Waals surface area contributed by atoms with Crippen LogP contribution in [-0.2, 0) is 4.74 Å². The van der Waals surface area contributed by atoms with Gasteiger partial charge in [-0.05, 0) is 48.7 Å². The summed E-state index contributed by atoms with van der Waals surface area (Å²) in [6.07, 6.45) is 0. The molecule has 1 unspecified atom stereocenters. The highest BCUT2D eigenvalue weighted by molar-refractivity contribution is 7.99. The second-order valence-corrected chi connectivity index (χ2v) is 9.75. The van der Waals surface area contributed by atoms with Gasteiger partial charge in [-0.3, -0.25) is 9.20 Å². The first-order chi connectivity index (χ1) is 16.9. The molecule has 35 heavy (non-hydrogen) atoms. The van der Waals surface area contributed by atoms with E-state index in [0.717, 1.165) is 16.8 Å². The SMILES string of the molecule is COC(=O)c1ccc(C(C)Sc2nnc3n(-c4ccccc4C(C)C)c(=O)c4ccccc4n23)o1. The summed E-state index contributed by atoms with van der Waals surface area (Å²) in [7, 11) is 1.31. The molecule has 0 saturated heterocycles. The van der Waals surface area contributed by atoms with Crippen LogP contribution in [-0.4, -0.2) is 32.2 Å². The molecule has 8 nitrogen and oxygen atoms in total. The van der Waals surface area contributed by atoms with Gasteiger partial charge < -0.3 is 9.15 Å². The predicted molar refractivity (Wildman–Crippen MR) is 134 cm³/mol. The molecule has 0 radical (unpaired) electrons. The topological polar surface area (TPSA) is 91.6 Å². The van der Waals surface area contributed by atoms with Crippen molar-refractivity contribution in [1.82, 2.24) is 19.2 Å². The van der Waals surface area contributed by atoms with Gasteiger partial charge in [0.1, 0.15) is 5.76 Å². The Labute approximate surface area is 205 Å². The van der Waals surface area contributed by atoms with Crippen LogP contribution in [0.1, 0.15) is 53.8 Å². The number of methoxy groups -OCH3 is 1. The third-order valence-corrected chi connectivity index (χ3v) is 6.95. The first-order valence-electron chi connectivity index (χ1n) is 11.2. The number of hydrogen-bond donors (Lipinski definition) is 0. The number of carbonyl (C=O) groups is 1. The third kappa shape index (κ3) is 3.91. The monoisotopic (exact) mass is 488 g/mol. The van der Waals surface area contributed by atoms with Crippen molar-refractivity contribution in [3.63, 3.8) is 0 Å². The Morgan fingerprint density at radius 1 is 1.00 bits per heavy atom. The van der Waals surface area contributed by atoms with Gasteiger partial charge in [0.15, 0.2) is 5.16 Å². The van der Waals surface area contributed by atoms with E-state index in [9.17, 15) is 9.59 Å². The summed E-state index contributed by atoms with van der Waals surface area (Å²) >= 11 is 1.43. The Bertz CT molecular complexity index is 1620. The van der Waals surface area contributed by atoms with Gasteiger partial charge >= 0.3 is 5.97 Å². The lowest BCUT2D eigenvalue weighted by Gasteiger charge is -2.16. The summed E-state index contributed by atoms with van der Waals surface area (Å²) in [6.45, 7) is 6.15. The van der Waals surface area contributed by atoms with Crippen LogP contribution in [0, 0.1) is 0 Å². The van der Waals surface area contributed by atoms with E-state index in [4.69, 9.17) is 9.15 Å². The van der Waals surface area contributed by atoms with Crippen molar-refractivity contribution in [3.05, 3.63) is 88.1 Å². The number of aromatic nitrogens is 4. The maximum Gasteiger partial charge on any atom is 0.373 e. The van der Waals surface area contributed by atoms with E-state index in [1.165, 1.54) is 18.9 Å². The number of thioether (sulfide) groups is 1. The highest BCUT2D eigenvalue weighted by atomic mass is 32.2. The molecule has 0 fully saturated rings. The second kappa shape index (κ2) is 9.07. The van der Waals surface area contributed by atoms with Crippen LogP contribution >= 0.6 is 11.8 Å². The van der Waals surface area contributed by atoms with Crippen LogP contribution in [0.25, 0.3) is 22.4 Å². The Kier molecular flexibility index (Phi) is 5.94. The molecule has 5 aromatic rings. The fourth-order valence-electron chi connectivity index (χ4n) is 4.15. The van der Waals surface area contributed by atoms with Gasteiger partial charge in [-0.15, -0.1) is 10.2 Å². The molecule has 0 bridgehead atoms. The van der Waals surface area contributed by atoms with Crippen LogP contribution in [0.2, 0.25) is 0 Å². The number of hydrogen-bond acceptors (Lipinski definition) is 7. The van der Waals surface area contributed by atoms with Crippen molar-refractivity contribution < 1.29 is 13.9 Å². The van der Waals surface area contributed by atoms with E-state index in [-0.39, 0.29) is 22.5 Å². The second-order valence-electron chi connectivity index (χ2n) is 8.44. The largest absolute Gasteiger partial charge is 0.463 e. The summed E-state index contributed by atoms with van der Waals surface area (Å²) in [5, 5.41) is 9.90. The number of furan rings is 1. The Balaban J connectivity index is 1.69. The lowest BCUT2D eigenvalue weighted by Crippen LogP contribution is -2.23. The molecule has 9 heteroatoms. The lowest BCUT2D eigenvalue weighted by atomic mass is 10.0. The first kappa shape index (κ1) is 22.9. The van der Waals surface area contributed by atoms with Crippen molar-refractivity contribution in [2.45, 2.75) is 37.1 Å². The average Bonchev–Trinajstić information content (AvgIpc) is 3.52. The molecule has 0 N–H and O–H groups in total. The molecular weight excluding hydrogens is 464 g/mol. The Morgan fingerprint density at radius 2 is 1.74 bits per heavy atom. The zero-order valence-electron chi connectivity index (χ0n) is 19.8. The summed E-state index contributed by atoms with van der Waals surface area (Å²) in [4.78, 5) is 25.5. The number of rotatable bonds is 6. The van der Waals surface area contributed by atoms with Gasteiger partial charge in [-0.2, -0.15) is 0 Å².